The predicted octanol–water partition coefficient (Wildman–Crippen LogP) is 3.10. The van der Waals surface area contributed by atoms with Crippen LogP contribution in [0.3, 0.4) is 0 Å². The highest BCUT2D eigenvalue weighted by atomic mass is 35.5. The molecule has 0 bridgehead atoms. The van der Waals surface area contributed by atoms with E-state index < -0.39 is 12.2 Å². The van der Waals surface area contributed by atoms with Gasteiger partial charge in [-0.3, -0.25) is 0 Å². The molecule has 0 radical (unpaired) electrons. The third kappa shape index (κ3) is 3.51. The quantitative estimate of drug-likeness (QED) is 0.815. The molecule has 1 aromatic carbocycles. The molecule has 1 rings (SSSR count). The van der Waals surface area contributed by atoms with E-state index in [1.807, 2.05) is 0 Å². The summed E-state index contributed by atoms with van der Waals surface area (Å²) in [5.74, 6) is 0.569. The molecule has 0 aliphatic carbocycles. The predicted molar refractivity (Wildman–Crippen MR) is 67.3 cm³/mol. The van der Waals surface area contributed by atoms with E-state index in [9.17, 15) is 10.2 Å². The van der Waals surface area contributed by atoms with Crippen LogP contribution in [0.25, 0.3) is 0 Å². The average molecular weight is 284 g/mol. The van der Waals surface area contributed by atoms with Crippen LogP contribution in [0.5, 0.6) is 0 Å². The van der Waals surface area contributed by atoms with Crippen LogP contribution in [0.1, 0.15) is 23.7 Å². The number of aliphatic hydroxyl groups excluding tert-OH is 2. The Morgan fingerprint density at radius 1 is 1.19 bits per heavy atom. The fourth-order valence-electron chi connectivity index (χ4n) is 1.37. The van der Waals surface area contributed by atoms with E-state index in [0.717, 1.165) is 5.56 Å². The summed E-state index contributed by atoms with van der Waals surface area (Å²) in [4.78, 5) is 0. The van der Waals surface area contributed by atoms with E-state index in [4.69, 9.17) is 34.8 Å². The van der Waals surface area contributed by atoms with Crippen LogP contribution in [0.2, 0.25) is 5.02 Å². The Morgan fingerprint density at radius 3 is 2.44 bits per heavy atom. The molecule has 16 heavy (non-hydrogen) atoms. The maximum absolute atomic E-state index is 9.84. The van der Waals surface area contributed by atoms with Crippen molar-refractivity contribution in [3.05, 3.63) is 34.3 Å². The highest BCUT2D eigenvalue weighted by molar-refractivity contribution is 6.32. The van der Waals surface area contributed by atoms with Gasteiger partial charge in [0.2, 0.25) is 0 Å². The molecular formula is C11H13Cl3O2. The highest BCUT2D eigenvalue weighted by Crippen LogP contribution is 2.25. The highest BCUT2D eigenvalue weighted by Gasteiger charge is 2.18. The van der Waals surface area contributed by atoms with E-state index >= 15 is 0 Å². The molecule has 2 atom stereocenters. The summed E-state index contributed by atoms with van der Waals surface area (Å²) >= 11 is 17.1. The molecule has 0 aliphatic rings. The van der Waals surface area contributed by atoms with Gasteiger partial charge < -0.3 is 10.2 Å². The van der Waals surface area contributed by atoms with Gasteiger partial charge in [-0.1, -0.05) is 23.7 Å². The third-order valence-corrected chi connectivity index (χ3v) is 3.20. The molecular weight excluding hydrogens is 270 g/mol. The van der Waals surface area contributed by atoms with Crippen molar-refractivity contribution in [3.63, 3.8) is 0 Å². The molecule has 2 N–H and O–H groups in total. The lowest BCUT2D eigenvalue weighted by molar-refractivity contribution is 0.0170. The Hall–Kier alpha value is 0.01000. The van der Waals surface area contributed by atoms with Crippen molar-refractivity contribution in [2.75, 3.05) is 5.88 Å². The maximum atomic E-state index is 9.84. The molecule has 5 heteroatoms. The van der Waals surface area contributed by atoms with Gasteiger partial charge in [0.1, 0.15) is 6.10 Å². The smallest absolute Gasteiger partial charge is 0.105 e. The standard InChI is InChI=1S/C11H13Cl3O2/c12-4-3-10(15)11(16)7-1-2-9(14)8(5-7)6-13/h1-2,5,10-11,15-16H,3-4,6H2. The lowest BCUT2D eigenvalue weighted by atomic mass is 10.0. The number of aliphatic hydroxyl groups is 2. The monoisotopic (exact) mass is 282 g/mol. The second-order valence-electron chi connectivity index (χ2n) is 3.47. The Bertz CT molecular complexity index is 344. The molecule has 2 unspecified atom stereocenters. The first-order chi connectivity index (χ1) is 7.60. The van der Waals surface area contributed by atoms with E-state index in [-0.39, 0.29) is 5.88 Å². The number of halogens is 3. The number of hydrogen-bond acceptors (Lipinski definition) is 2. The first-order valence-corrected chi connectivity index (χ1v) is 6.31. The second-order valence-corrected chi connectivity index (χ2v) is 4.53. The fourth-order valence-corrected chi connectivity index (χ4v) is 2.07. The first kappa shape index (κ1) is 14.1. The minimum Gasteiger partial charge on any atom is -0.390 e. The molecule has 0 saturated carbocycles. The van der Waals surface area contributed by atoms with Crippen molar-refractivity contribution in [2.45, 2.75) is 24.5 Å². The van der Waals surface area contributed by atoms with Crippen molar-refractivity contribution in [1.29, 1.82) is 0 Å². The Morgan fingerprint density at radius 2 is 1.88 bits per heavy atom. The number of rotatable bonds is 5. The largest absolute Gasteiger partial charge is 0.390 e. The average Bonchev–Trinajstić information content (AvgIpc) is 2.29. The zero-order valence-electron chi connectivity index (χ0n) is 8.54. The molecule has 0 aliphatic heterocycles. The Balaban J connectivity index is 2.87. The van der Waals surface area contributed by atoms with Gasteiger partial charge in [0.25, 0.3) is 0 Å². The molecule has 0 aromatic heterocycles. The first-order valence-electron chi connectivity index (χ1n) is 4.86. The molecule has 0 fully saturated rings. The van der Waals surface area contributed by atoms with Gasteiger partial charge in [0, 0.05) is 16.8 Å². The summed E-state index contributed by atoms with van der Waals surface area (Å²) < 4.78 is 0. The lowest BCUT2D eigenvalue weighted by Gasteiger charge is -2.18. The molecule has 0 spiro atoms. The van der Waals surface area contributed by atoms with Gasteiger partial charge >= 0.3 is 0 Å². The van der Waals surface area contributed by atoms with Crippen LogP contribution < -0.4 is 0 Å². The minimum absolute atomic E-state index is 0.269. The van der Waals surface area contributed by atoms with Crippen LogP contribution in [0.4, 0.5) is 0 Å². The van der Waals surface area contributed by atoms with E-state index in [1.54, 1.807) is 18.2 Å². The summed E-state index contributed by atoms with van der Waals surface area (Å²) in [7, 11) is 0. The Labute approximate surface area is 110 Å². The van der Waals surface area contributed by atoms with Gasteiger partial charge in [-0.05, 0) is 23.6 Å². The topological polar surface area (TPSA) is 40.5 Å². The Kier molecular flexibility index (Phi) is 5.87. The van der Waals surface area contributed by atoms with Gasteiger partial charge in [-0.25, -0.2) is 0 Å². The second kappa shape index (κ2) is 6.67. The van der Waals surface area contributed by atoms with Crippen molar-refractivity contribution in [2.24, 2.45) is 0 Å². The summed E-state index contributed by atoms with van der Waals surface area (Å²) in [6.45, 7) is 0. The minimum atomic E-state index is -0.960. The van der Waals surface area contributed by atoms with Crippen LogP contribution >= 0.6 is 34.8 Å². The van der Waals surface area contributed by atoms with Crippen LogP contribution in [0, 0.1) is 0 Å². The SMILES string of the molecule is OC(CCCl)C(O)c1ccc(Cl)c(CCl)c1. The lowest BCUT2D eigenvalue weighted by Crippen LogP contribution is -2.18. The molecule has 0 saturated heterocycles. The van der Waals surface area contributed by atoms with E-state index in [1.165, 1.54) is 0 Å². The molecule has 1 aromatic rings. The molecule has 2 nitrogen and oxygen atoms in total. The van der Waals surface area contributed by atoms with Crippen molar-refractivity contribution >= 4 is 34.8 Å². The van der Waals surface area contributed by atoms with Crippen LogP contribution in [0.15, 0.2) is 18.2 Å². The van der Waals surface area contributed by atoms with Crippen molar-refractivity contribution in [1.82, 2.24) is 0 Å². The van der Waals surface area contributed by atoms with Gasteiger partial charge in [0.05, 0.1) is 6.10 Å². The molecule has 90 valence electrons. The molecule has 0 amide bonds. The zero-order chi connectivity index (χ0) is 12.1. The number of hydrogen-bond donors (Lipinski definition) is 2. The van der Waals surface area contributed by atoms with Crippen LogP contribution in [-0.2, 0) is 5.88 Å². The van der Waals surface area contributed by atoms with Crippen LogP contribution in [-0.4, -0.2) is 22.2 Å². The molecule has 0 heterocycles. The zero-order valence-corrected chi connectivity index (χ0v) is 10.8. The van der Waals surface area contributed by atoms with Crippen molar-refractivity contribution in [3.8, 4) is 0 Å². The normalized spacial score (nSPS) is 14.8. The van der Waals surface area contributed by atoms with E-state index in [0.29, 0.717) is 22.9 Å². The van der Waals surface area contributed by atoms with E-state index in [2.05, 4.69) is 0 Å². The fraction of sp³-hybridized carbons (Fsp3) is 0.455. The van der Waals surface area contributed by atoms with Gasteiger partial charge in [-0.2, -0.15) is 0 Å². The maximum Gasteiger partial charge on any atom is 0.105 e. The number of alkyl halides is 2. The summed E-state index contributed by atoms with van der Waals surface area (Å²) in [6, 6.07) is 5.02. The summed E-state index contributed by atoms with van der Waals surface area (Å²) in [5, 5.41) is 20.0. The van der Waals surface area contributed by atoms with Crippen molar-refractivity contribution < 1.29 is 10.2 Å². The van der Waals surface area contributed by atoms with Gasteiger partial charge in [0.15, 0.2) is 0 Å². The summed E-state index contributed by atoms with van der Waals surface area (Å²) in [6.07, 6.45) is -1.50. The number of benzene rings is 1. The third-order valence-electron chi connectivity index (χ3n) is 2.32. The summed E-state index contributed by atoms with van der Waals surface area (Å²) in [5.41, 5.74) is 1.33. The van der Waals surface area contributed by atoms with Gasteiger partial charge in [-0.15, -0.1) is 23.2 Å².